The molecule has 9 nitrogen and oxygen atoms in total. The van der Waals surface area contributed by atoms with Crippen LogP contribution in [0.25, 0.3) is 0 Å². The summed E-state index contributed by atoms with van der Waals surface area (Å²) in [5.41, 5.74) is 1.79. The maximum Gasteiger partial charge on any atom is 0.390 e. The van der Waals surface area contributed by atoms with E-state index >= 15 is 0 Å². The minimum Gasteiger partial charge on any atom is -0.358 e. The quantitative estimate of drug-likeness (QED) is 0.479. The molecule has 0 spiro atoms. The molecule has 1 N–H and O–H groups in total. The van der Waals surface area contributed by atoms with Gasteiger partial charge in [-0.25, -0.2) is 4.39 Å². The zero-order valence-electron chi connectivity index (χ0n) is 14.8. The van der Waals surface area contributed by atoms with Crippen molar-refractivity contribution in [1.29, 1.82) is 0 Å². The summed E-state index contributed by atoms with van der Waals surface area (Å²) < 4.78 is 16.1. The molecule has 28 heavy (non-hydrogen) atoms. The first-order chi connectivity index (χ1) is 13.3. The van der Waals surface area contributed by atoms with Crippen molar-refractivity contribution in [3.63, 3.8) is 0 Å². The molecule has 0 radical (unpaired) electrons. The van der Waals surface area contributed by atoms with Crippen LogP contribution in [0.3, 0.4) is 0 Å². The summed E-state index contributed by atoms with van der Waals surface area (Å²) in [6, 6.07) is 5.46. The number of aryl methyl sites for hydroxylation is 2. The van der Waals surface area contributed by atoms with E-state index < -0.39 is 10.7 Å². The number of halogens is 2. The van der Waals surface area contributed by atoms with Crippen LogP contribution in [-0.2, 0) is 17.9 Å². The normalized spacial score (nSPS) is 10.8. The van der Waals surface area contributed by atoms with Gasteiger partial charge in [0.15, 0.2) is 0 Å². The topological polar surface area (TPSA) is 108 Å². The minimum atomic E-state index is -0.578. The highest BCUT2D eigenvalue weighted by atomic mass is 35.5. The van der Waals surface area contributed by atoms with Gasteiger partial charge in [0.05, 0.1) is 41.8 Å². The molecule has 1 aromatic carbocycles. The number of anilines is 1. The van der Waals surface area contributed by atoms with Gasteiger partial charge in [0.2, 0.25) is 5.91 Å². The molecule has 0 fully saturated rings. The van der Waals surface area contributed by atoms with Gasteiger partial charge in [-0.3, -0.25) is 9.48 Å². The summed E-state index contributed by atoms with van der Waals surface area (Å²) in [6.07, 6.45) is 3.20. The van der Waals surface area contributed by atoms with Gasteiger partial charge < -0.3 is 15.4 Å². The molecule has 0 atom stereocenters. The van der Waals surface area contributed by atoms with E-state index in [1.165, 1.54) is 29.1 Å². The lowest BCUT2D eigenvalue weighted by Crippen LogP contribution is -2.15. The van der Waals surface area contributed by atoms with Crippen LogP contribution in [0, 0.1) is 22.9 Å². The molecule has 1 amide bonds. The molecule has 2 aromatic heterocycles. The van der Waals surface area contributed by atoms with E-state index in [1.54, 1.807) is 23.9 Å². The Morgan fingerprint density at radius 1 is 1.39 bits per heavy atom. The SMILES string of the molecule is Cc1cc([N+](=O)[O-])nn1CCC(=O)Nc1cnn(Cc2ccc(F)cc2Cl)c1. The monoisotopic (exact) mass is 406 g/mol. The Hall–Kier alpha value is -3.27. The van der Waals surface area contributed by atoms with E-state index in [4.69, 9.17) is 11.6 Å². The van der Waals surface area contributed by atoms with E-state index in [1.807, 2.05) is 0 Å². The van der Waals surface area contributed by atoms with Crippen LogP contribution in [0.15, 0.2) is 36.7 Å². The first kappa shape index (κ1) is 19.5. The molecule has 0 bridgehead atoms. The Labute approximate surface area is 163 Å². The van der Waals surface area contributed by atoms with Crippen molar-refractivity contribution in [2.75, 3.05) is 5.32 Å². The van der Waals surface area contributed by atoms with Gasteiger partial charge in [0.25, 0.3) is 0 Å². The third-order valence-corrected chi connectivity index (χ3v) is 4.32. The average Bonchev–Trinajstić information content (AvgIpc) is 3.22. The smallest absolute Gasteiger partial charge is 0.358 e. The van der Waals surface area contributed by atoms with Crippen molar-refractivity contribution in [2.24, 2.45) is 0 Å². The molecule has 0 unspecified atom stereocenters. The molecule has 0 aliphatic carbocycles. The molecule has 0 saturated heterocycles. The van der Waals surface area contributed by atoms with E-state index in [-0.39, 0.29) is 24.7 Å². The summed E-state index contributed by atoms with van der Waals surface area (Å²) in [6.45, 7) is 2.22. The fraction of sp³-hybridized carbons (Fsp3) is 0.235. The third-order valence-electron chi connectivity index (χ3n) is 3.97. The zero-order chi connectivity index (χ0) is 20.3. The van der Waals surface area contributed by atoms with Crippen molar-refractivity contribution in [2.45, 2.75) is 26.4 Å². The number of nitrogens with zero attached hydrogens (tertiary/aromatic N) is 5. The Kier molecular flexibility index (Phi) is 5.69. The predicted molar refractivity (Wildman–Crippen MR) is 99.6 cm³/mol. The fourth-order valence-electron chi connectivity index (χ4n) is 2.58. The number of aromatic nitrogens is 4. The number of hydrogen-bond donors (Lipinski definition) is 1. The first-order valence-electron chi connectivity index (χ1n) is 8.27. The highest BCUT2D eigenvalue weighted by Gasteiger charge is 2.16. The summed E-state index contributed by atoms with van der Waals surface area (Å²) in [4.78, 5) is 22.3. The number of benzene rings is 1. The number of nitro groups is 1. The van der Waals surface area contributed by atoms with Gasteiger partial charge in [-0.2, -0.15) is 9.78 Å². The summed E-state index contributed by atoms with van der Waals surface area (Å²) >= 11 is 6.00. The van der Waals surface area contributed by atoms with Crippen LogP contribution in [0.2, 0.25) is 5.02 Å². The van der Waals surface area contributed by atoms with Crippen molar-refractivity contribution in [3.05, 3.63) is 68.9 Å². The highest BCUT2D eigenvalue weighted by molar-refractivity contribution is 6.31. The lowest BCUT2D eigenvalue weighted by molar-refractivity contribution is -0.389. The number of carbonyl (C=O) groups is 1. The second-order valence-electron chi connectivity index (χ2n) is 6.08. The van der Waals surface area contributed by atoms with Gasteiger partial charge in [0, 0.05) is 17.6 Å². The molecule has 11 heteroatoms. The lowest BCUT2D eigenvalue weighted by atomic mass is 10.2. The Balaban J connectivity index is 1.56. The number of amides is 1. The predicted octanol–water partition coefficient (Wildman–Crippen LogP) is 3.17. The first-order valence-corrected chi connectivity index (χ1v) is 8.64. The molecule has 0 saturated carbocycles. The van der Waals surface area contributed by atoms with Crippen LogP contribution >= 0.6 is 11.6 Å². The van der Waals surface area contributed by atoms with Crippen LogP contribution in [0.4, 0.5) is 15.9 Å². The zero-order valence-corrected chi connectivity index (χ0v) is 15.6. The Morgan fingerprint density at radius 2 is 2.18 bits per heavy atom. The molecule has 3 rings (SSSR count). The second-order valence-corrected chi connectivity index (χ2v) is 6.49. The minimum absolute atomic E-state index is 0.0919. The van der Waals surface area contributed by atoms with Crippen molar-refractivity contribution in [1.82, 2.24) is 19.6 Å². The molecule has 0 aliphatic rings. The molecular weight excluding hydrogens is 391 g/mol. The number of nitrogens with one attached hydrogen (secondary N) is 1. The second kappa shape index (κ2) is 8.17. The Morgan fingerprint density at radius 3 is 2.86 bits per heavy atom. The van der Waals surface area contributed by atoms with E-state index in [2.05, 4.69) is 15.5 Å². The summed E-state index contributed by atoms with van der Waals surface area (Å²) in [5.74, 6) is -0.949. The number of carbonyl (C=O) groups excluding carboxylic acids is 1. The van der Waals surface area contributed by atoms with E-state index in [9.17, 15) is 19.3 Å². The van der Waals surface area contributed by atoms with Gasteiger partial charge in [-0.05, 0) is 29.5 Å². The molecule has 0 aliphatic heterocycles. The number of rotatable bonds is 7. The Bertz CT molecular complexity index is 1030. The maximum atomic E-state index is 13.1. The molecule has 2 heterocycles. The highest BCUT2D eigenvalue weighted by Crippen LogP contribution is 2.19. The fourth-order valence-corrected chi connectivity index (χ4v) is 2.81. The van der Waals surface area contributed by atoms with Crippen molar-refractivity contribution < 1.29 is 14.1 Å². The average molecular weight is 407 g/mol. The van der Waals surface area contributed by atoms with E-state index in [0.29, 0.717) is 28.5 Å². The van der Waals surface area contributed by atoms with Gasteiger partial charge in [-0.15, -0.1) is 0 Å². The van der Waals surface area contributed by atoms with Crippen LogP contribution < -0.4 is 5.32 Å². The van der Waals surface area contributed by atoms with Crippen molar-refractivity contribution in [3.8, 4) is 0 Å². The number of hydrogen-bond acceptors (Lipinski definition) is 5. The molecular formula is C17H16ClFN6O3. The largest absolute Gasteiger partial charge is 0.390 e. The third kappa shape index (κ3) is 4.71. The van der Waals surface area contributed by atoms with Gasteiger partial charge in [0.1, 0.15) is 5.82 Å². The molecule has 3 aromatic rings. The standard InChI is InChI=1S/C17H16ClFN6O3/c1-11-6-16(25(27)28)22-24(11)5-4-17(26)21-14-8-20-23(10-14)9-12-2-3-13(19)7-15(12)18/h2-3,6-8,10H,4-5,9H2,1H3,(H,21,26). The van der Waals surface area contributed by atoms with Gasteiger partial charge >= 0.3 is 5.82 Å². The summed E-state index contributed by atoms with van der Waals surface area (Å²) in [5, 5.41) is 21.7. The lowest BCUT2D eigenvalue weighted by Gasteiger charge is -2.05. The summed E-state index contributed by atoms with van der Waals surface area (Å²) in [7, 11) is 0. The van der Waals surface area contributed by atoms with Crippen LogP contribution in [0.1, 0.15) is 17.7 Å². The van der Waals surface area contributed by atoms with E-state index in [0.717, 1.165) is 0 Å². The maximum absolute atomic E-state index is 13.1. The van der Waals surface area contributed by atoms with Crippen LogP contribution in [0.5, 0.6) is 0 Å². The molecule has 146 valence electrons. The van der Waals surface area contributed by atoms with Gasteiger partial charge in [-0.1, -0.05) is 17.7 Å². The van der Waals surface area contributed by atoms with Crippen LogP contribution in [-0.4, -0.2) is 30.4 Å². The van der Waals surface area contributed by atoms with Crippen molar-refractivity contribution >= 4 is 29.0 Å².